The molecule has 0 bridgehead atoms. The molecule has 2 N–H and O–H groups in total. The Morgan fingerprint density at radius 2 is 1.67 bits per heavy atom. The summed E-state index contributed by atoms with van der Waals surface area (Å²) in [6.45, 7) is 0.868. The molecule has 0 aromatic heterocycles. The van der Waals surface area contributed by atoms with Gasteiger partial charge in [0.25, 0.3) is 0 Å². The topological polar surface area (TPSA) is 95.6 Å². The Kier molecular flexibility index (Phi) is 6.69. The molecular weight excluding hydrogens is 413 g/mol. The number of carbonyl (C=O) groups is 2. The Bertz CT molecular complexity index is 980. The van der Waals surface area contributed by atoms with Crippen molar-refractivity contribution in [2.75, 3.05) is 27.7 Å². The number of hydrogen-bond acceptors (Lipinski definition) is 4. The monoisotopic (exact) mass is 429 g/mol. The fraction of sp³-hybridized carbons (Fsp3) is 0.176. The molecule has 144 valence electrons. The molecule has 2 rings (SSSR count). The smallest absolute Gasteiger partial charge is 0.245 e. The second kappa shape index (κ2) is 8.60. The third kappa shape index (κ3) is 6.13. The molecular formula is C17H17Cl2N3O4S. The molecule has 0 fully saturated rings. The first kappa shape index (κ1) is 21.0. The van der Waals surface area contributed by atoms with Gasteiger partial charge in [0.1, 0.15) is 6.54 Å². The van der Waals surface area contributed by atoms with Crippen LogP contribution < -0.4 is 14.9 Å². The van der Waals surface area contributed by atoms with Crippen molar-refractivity contribution in [1.29, 1.82) is 0 Å². The van der Waals surface area contributed by atoms with Crippen LogP contribution in [0.4, 0.5) is 17.1 Å². The molecule has 0 heterocycles. The van der Waals surface area contributed by atoms with Crippen LogP contribution in [0.1, 0.15) is 6.92 Å². The number of nitrogens with zero attached hydrogens (tertiary/aromatic N) is 1. The maximum atomic E-state index is 12.4. The predicted octanol–water partition coefficient (Wildman–Crippen LogP) is 3.36. The molecule has 2 aromatic carbocycles. The molecule has 0 saturated heterocycles. The van der Waals surface area contributed by atoms with Gasteiger partial charge in [0.05, 0.1) is 17.0 Å². The van der Waals surface area contributed by atoms with Gasteiger partial charge in [-0.15, -0.1) is 0 Å². The van der Waals surface area contributed by atoms with Gasteiger partial charge in [-0.2, -0.15) is 0 Å². The number of hydrogen-bond donors (Lipinski definition) is 2. The van der Waals surface area contributed by atoms with Gasteiger partial charge in [-0.3, -0.25) is 13.9 Å². The molecule has 2 amide bonds. The highest BCUT2D eigenvalue weighted by Crippen LogP contribution is 2.30. The number of amides is 2. The summed E-state index contributed by atoms with van der Waals surface area (Å²) in [6.07, 6.45) is 0.967. The zero-order chi connectivity index (χ0) is 20.2. The van der Waals surface area contributed by atoms with Crippen molar-refractivity contribution >= 4 is 62.1 Å². The minimum Gasteiger partial charge on any atom is -0.326 e. The van der Waals surface area contributed by atoms with E-state index in [0.29, 0.717) is 11.4 Å². The normalized spacial score (nSPS) is 11.0. The van der Waals surface area contributed by atoms with Crippen LogP contribution in [-0.4, -0.2) is 33.0 Å². The summed E-state index contributed by atoms with van der Waals surface area (Å²) in [4.78, 5) is 23.5. The Labute approximate surface area is 167 Å². The van der Waals surface area contributed by atoms with E-state index in [2.05, 4.69) is 10.6 Å². The lowest BCUT2D eigenvalue weighted by Crippen LogP contribution is -2.37. The molecule has 0 unspecified atom stereocenters. The second-order valence-electron chi connectivity index (χ2n) is 5.68. The highest BCUT2D eigenvalue weighted by atomic mass is 35.5. The molecule has 2 aromatic rings. The molecule has 0 radical (unpaired) electrons. The lowest BCUT2D eigenvalue weighted by molar-refractivity contribution is -0.115. The average molecular weight is 430 g/mol. The molecule has 0 spiro atoms. The number of halogens is 2. The summed E-state index contributed by atoms with van der Waals surface area (Å²) in [5.74, 6) is -0.839. The van der Waals surface area contributed by atoms with E-state index >= 15 is 0 Å². The van der Waals surface area contributed by atoms with E-state index in [4.69, 9.17) is 23.2 Å². The highest BCUT2D eigenvalue weighted by molar-refractivity contribution is 7.92. The van der Waals surface area contributed by atoms with Crippen LogP contribution in [0.5, 0.6) is 0 Å². The number of rotatable bonds is 6. The van der Waals surface area contributed by atoms with Crippen molar-refractivity contribution < 1.29 is 18.0 Å². The van der Waals surface area contributed by atoms with Crippen LogP contribution >= 0.6 is 23.2 Å². The number of nitrogens with one attached hydrogen (secondary N) is 2. The average Bonchev–Trinajstić information content (AvgIpc) is 2.54. The van der Waals surface area contributed by atoms with Crippen LogP contribution in [0.25, 0.3) is 0 Å². The van der Waals surface area contributed by atoms with E-state index in [9.17, 15) is 18.0 Å². The largest absolute Gasteiger partial charge is 0.326 e. The van der Waals surface area contributed by atoms with Crippen LogP contribution in [-0.2, 0) is 19.6 Å². The summed E-state index contributed by atoms with van der Waals surface area (Å²) in [5, 5.41) is 5.61. The van der Waals surface area contributed by atoms with Gasteiger partial charge in [-0.05, 0) is 36.4 Å². The van der Waals surface area contributed by atoms with Crippen molar-refractivity contribution in [3.63, 3.8) is 0 Å². The van der Waals surface area contributed by atoms with Crippen molar-refractivity contribution in [1.82, 2.24) is 0 Å². The first-order valence-electron chi connectivity index (χ1n) is 7.66. The molecule has 7 nitrogen and oxygen atoms in total. The zero-order valence-electron chi connectivity index (χ0n) is 14.5. The minimum absolute atomic E-state index is 0.105. The number of benzene rings is 2. The van der Waals surface area contributed by atoms with Gasteiger partial charge in [-0.1, -0.05) is 29.3 Å². The van der Waals surface area contributed by atoms with E-state index in [0.717, 1.165) is 10.6 Å². The van der Waals surface area contributed by atoms with E-state index < -0.39 is 22.5 Å². The maximum Gasteiger partial charge on any atom is 0.245 e. The van der Waals surface area contributed by atoms with Crippen molar-refractivity contribution in [2.45, 2.75) is 6.92 Å². The summed E-state index contributed by atoms with van der Waals surface area (Å²) in [7, 11) is -3.80. The Morgan fingerprint density at radius 1 is 1.04 bits per heavy atom. The first-order chi connectivity index (χ1) is 12.6. The molecule has 0 aliphatic heterocycles. The van der Waals surface area contributed by atoms with E-state index in [1.165, 1.54) is 25.1 Å². The van der Waals surface area contributed by atoms with Gasteiger partial charge < -0.3 is 10.6 Å². The maximum absolute atomic E-state index is 12.4. The van der Waals surface area contributed by atoms with Crippen molar-refractivity contribution in [2.24, 2.45) is 0 Å². The molecule has 0 saturated carbocycles. The van der Waals surface area contributed by atoms with Gasteiger partial charge in [0.2, 0.25) is 21.8 Å². The third-order valence-corrected chi connectivity index (χ3v) is 5.01. The Morgan fingerprint density at radius 3 is 2.26 bits per heavy atom. The van der Waals surface area contributed by atoms with Gasteiger partial charge in [0, 0.05) is 23.3 Å². The summed E-state index contributed by atoms with van der Waals surface area (Å²) in [5.41, 5.74) is 1.00. The minimum atomic E-state index is -3.80. The van der Waals surface area contributed by atoms with Crippen LogP contribution in [0.3, 0.4) is 0 Å². The molecule has 0 aliphatic rings. The summed E-state index contributed by atoms with van der Waals surface area (Å²) in [6, 6.07) is 10.8. The highest BCUT2D eigenvalue weighted by Gasteiger charge is 2.23. The zero-order valence-corrected chi connectivity index (χ0v) is 16.8. The standard InChI is InChI=1S/C17H17Cl2N3O4S/c1-11(23)20-13-4-3-5-14(9-13)21-17(24)10-22(27(2,25)26)16-8-12(18)6-7-15(16)19/h3-9H,10H2,1-2H3,(H,20,23)(H,21,24). The summed E-state index contributed by atoms with van der Waals surface area (Å²) < 4.78 is 25.2. The number of carbonyl (C=O) groups excluding carboxylic acids is 2. The third-order valence-electron chi connectivity index (χ3n) is 3.33. The van der Waals surface area contributed by atoms with Gasteiger partial charge in [-0.25, -0.2) is 8.42 Å². The first-order valence-corrected chi connectivity index (χ1v) is 10.3. The Hall–Kier alpha value is -2.29. The van der Waals surface area contributed by atoms with Crippen molar-refractivity contribution in [3.8, 4) is 0 Å². The van der Waals surface area contributed by atoms with Gasteiger partial charge >= 0.3 is 0 Å². The fourth-order valence-corrected chi connectivity index (χ4v) is 3.56. The van der Waals surface area contributed by atoms with E-state index in [1.807, 2.05) is 0 Å². The lowest BCUT2D eigenvalue weighted by Gasteiger charge is -2.23. The molecule has 10 heteroatoms. The lowest BCUT2D eigenvalue weighted by atomic mass is 10.2. The summed E-state index contributed by atoms with van der Waals surface area (Å²) >= 11 is 12.0. The molecule has 0 aliphatic carbocycles. The van der Waals surface area contributed by atoms with Crippen LogP contribution in [0.15, 0.2) is 42.5 Å². The molecule has 27 heavy (non-hydrogen) atoms. The van der Waals surface area contributed by atoms with Gasteiger partial charge in [0.15, 0.2) is 0 Å². The van der Waals surface area contributed by atoms with E-state index in [1.54, 1.807) is 24.3 Å². The van der Waals surface area contributed by atoms with E-state index in [-0.39, 0.29) is 21.6 Å². The fourth-order valence-electron chi connectivity index (χ4n) is 2.27. The molecule has 0 atom stereocenters. The Balaban J connectivity index is 2.22. The quantitative estimate of drug-likeness (QED) is 0.735. The predicted molar refractivity (Wildman–Crippen MR) is 108 cm³/mol. The van der Waals surface area contributed by atoms with Crippen LogP contribution in [0.2, 0.25) is 10.0 Å². The number of sulfonamides is 1. The van der Waals surface area contributed by atoms with Crippen LogP contribution in [0, 0.1) is 0 Å². The number of anilines is 3. The SMILES string of the molecule is CC(=O)Nc1cccc(NC(=O)CN(c2cc(Cl)ccc2Cl)S(C)(=O)=O)c1. The second-order valence-corrected chi connectivity index (χ2v) is 8.43. The van der Waals surface area contributed by atoms with Crippen molar-refractivity contribution in [3.05, 3.63) is 52.5 Å².